The van der Waals surface area contributed by atoms with Gasteiger partial charge in [0.25, 0.3) is 0 Å². The Hall–Kier alpha value is -0.125. The van der Waals surface area contributed by atoms with Crippen LogP contribution in [0.3, 0.4) is 0 Å². The molecule has 0 aliphatic rings. The fraction of sp³-hybridized carbons (Fsp3) is 0. The van der Waals surface area contributed by atoms with Crippen molar-refractivity contribution in [2.45, 2.75) is 0 Å². The van der Waals surface area contributed by atoms with E-state index >= 15 is 0 Å². The van der Waals surface area contributed by atoms with Gasteiger partial charge in [-0.2, -0.15) is 0 Å². The van der Waals surface area contributed by atoms with Crippen molar-refractivity contribution in [3.8, 4) is 23.7 Å². The molecule has 8 heavy (non-hydrogen) atoms. The molecule has 26 valence electrons. The van der Waals surface area contributed by atoms with Crippen molar-refractivity contribution >= 4 is 0 Å². The van der Waals surface area contributed by atoms with Crippen molar-refractivity contribution in [2.24, 2.45) is 0 Å². The smallest absolute Gasteiger partial charge is 0.360 e. The molecule has 0 heterocycles. The minimum absolute atomic E-state index is 0. The summed E-state index contributed by atoms with van der Waals surface area (Å²) in [6.07, 6.45) is 12.3. The molecule has 0 atom stereocenters. The Morgan fingerprint density at radius 3 is 1.12 bits per heavy atom. The molecule has 0 aliphatic heterocycles. The fourth-order valence-electron chi connectivity index (χ4n) is 0.0625. The predicted octanol–water partition coefficient (Wildman–Crippen LogP) is -5.82. The molecule has 0 unspecified atom stereocenters. The van der Waals surface area contributed by atoms with Gasteiger partial charge in [0, 0.05) is 0 Å². The molecular formula is C6Li2. The van der Waals surface area contributed by atoms with Gasteiger partial charge in [-0.15, -0.1) is 0 Å². The fourth-order valence-corrected chi connectivity index (χ4v) is 0.0625. The van der Waals surface area contributed by atoms with Gasteiger partial charge in [0.1, 0.15) is 0 Å². The second-order valence-electron chi connectivity index (χ2n) is 0.500. The van der Waals surface area contributed by atoms with Crippen LogP contribution in [0.1, 0.15) is 0 Å². The van der Waals surface area contributed by atoms with Crippen LogP contribution in [0.25, 0.3) is 0 Å². The standard InChI is InChI=1S/C6.2Li/c1-3-5-6-4-2;;/q-2;2*+1. The van der Waals surface area contributed by atoms with Gasteiger partial charge < -0.3 is 24.7 Å². The largest absolute Gasteiger partial charge is 1.00 e. The molecule has 0 nitrogen and oxygen atoms in total. The maximum atomic E-state index is 6.16. The molecule has 0 N–H and O–H groups in total. The average Bonchev–Trinajstić information content (AvgIpc) is 1.61. The first-order valence-electron chi connectivity index (χ1n) is 1.25. The van der Waals surface area contributed by atoms with Gasteiger partial charge in [0.05, 0.1) is 0 Å². The summed E-state index contributed by atoms with van der Waals surface area (Å²) in [6, 6.07) is 0. The van der Waals surface area contributed by atoms with E-state index in [1.807, 2.05) is 0 Å². The monoisotopic (exact) mass is 86.0 g/mol. The van der Waals surface area contributed by atoms with Gasteiger partial charge in [0.2, 0.25) is 0 Å². The third-order valence-corrected chi connectivity index (χ3v) is 0.188. The van der Waals surface area contributed by atoms with Gasteiger partial charge in [-0.05, 0) is 0 Å². The topological polar surface area (TPSA) is 0 Å². The van der Waals surface area contributed by atoms with Crippen molar-refractivity contribution in [3.05, 3.63) is 12.8 Å². The normalized spacial score (nSPS) is 2.25. The zero-order valence-electron chi connectivity index (χ0n) is 5.00. The quantitative estimate of drug-likeness (QED) is 0.156. The van der Waals surface area contributed by atoms with Gasteiger partial charge in [-0.25, -0.2) is 0 Å². The van der Waals surface area contributed by atoms with E-state index in [9.17, 15) is 0 Å². The summed E-state index contributed by atoms with van der Waals surface area (Å²) in [7, 11) is 0. The van der Waals surface area contributed by atoms with Crippen LogP contribution in [-0.4, -0.2) is 0 Å². The van der Waals surface area contributed by atoms with Gasteiger partial charge in [-0.3, -0.25) is 11.8 Å². The maximum Gasteiger partial charge on any atom is 1.00 e. The molecule has 0 fully saturated rings. The van der Waals surface area contributed by atoms with Crippen molar-refractivity contribution in [3.63, 3.8) is 0 Å². The molecule has 0 rings (SSSR count). The second kappa shape index (κ2) is 15.8. The maximum absolute atomic E-state index is 6.16. The first-order chi connectivity index (χ1) is 2.91. The van der Waals surface area contributed by atoms with E-state index in [2.05, 4.69) is 11.8 Å². The number of hydrogen-bond acceptors (Lipinski definition) is 0. The summed E-state index contributed by atoms with van der Waals surface area (Å²) in [5.41, 5.74) is 0. The summed E-state index contributed by atoms with van der Waals surface area (Å²) in [5.74, 6) is 7.68. The van der Waals surface area contributed by atoms with Crippen LogP contribution in [-0.2, 0) is 0 Å². The van der Waals surface area contributed by atoms with Gasteiger partial charge in [-0.1, -0.05) is 0 Å². The Morgan fingerprint density at radius 1 is 0.750 bits per heavy atom. The Kier molecular flexibility index (Phi) is 30.9. The van der Waals surface area contributed by atoms with Crippen LogP contribution in [0.4, 0.5) is 0 Å². The molecule has 0 saturated heterocycles. The Balaban J connectivity index is -0.000000125. The van der Waals surface area contributed by atoms with E-state index in [0.717, 1.165) is 0 Å². The average molecular weight is 85.9 g/mol. The van der Waals surface area contributed by atoms with E-state index < -0.39 is 0 Å². The van der Waals surface area contributed by atoms with E-state index in [1.165, 1.54) is 0 Å². The Bertz CT molecular complexity index is 140. The van der Waals surface area contributed by atoms with Crippen molar-refractivity contribution in [2.75, 3.05) is 0 Å². The van der Waals surface area contributed by atoms with Crippen LogP contribution in [0.15, 0.2) is 0 Å². The summed E-state index contributed by atoms with van der Waals surface area (Å²) in [4.78, 5) is 0. The molecular weight excluding hydrogens is 85.9 g/mol. The molecule has 0 aliphatic carbocycles. The van der Waals surface area contributed by atoms with Crippen LogP contribution >= 0.6 is 0 Å². The van der Waals surface area contributed by atoms with Gasteiger partial charge in [0.15, 0.2) is 0 Å². The summed E-state index contributed by atoms with van der Waals surface area (Å²) >= 11 is 0. The molecule has 0 bridgehead atoms. The Labute approximate surface area is 74.2 Å². The summed E-state index contributed by atoms with van der Waals surface area (Å²) in [5, 5.41) is 0. The number of rotatable bonds is 0. The minimum Gasteiger partial charge on any atom is -0.360 e. The zero-order chi connectivity index (χ0) is 4.83. The van der Waals surface area contributed by atoms with E-state index in [4.69, 9.17) is 12.8 Å². The molecule has 0 spiro atoms. The third kappa shape index (κ3) is 16.9. The molecule has 0 saturated carbocycles. The van der Waals surface area contributed by atoms with E-state index in [0.29, 0.717) is 0 Å². The summed E-state index contributed by atoms with van der Waals surface area (Å²) < 4.78 is 0. The summed E-state index contributed by atoms with van der Waals surface area (Å²) in [6.45, 7) is 0. The van der Waals surface area contributed by atoms with Gasteiger partial charge >= 0.3 is 37.7 Å². The third-order valence-electron chi connectivity index (χ3n) is 0.188. The van der Waals surface area contributed by atoms with Crippen LogP contribution < -0.4 is 37.7 Å². The molecule has 0 aromatic heterocycles. The zero-order valence-corrected chi connectivity index (χ0v) is 5.00. The van der Waals surface area contributed by atoms with Crippen molar-refractivity contribution in [1.82, 2.24) is 0 Å². The number of hydrogen-bond donors (Lipinski definition) is 0. The van der Waals surface area contributed by atoms with Crippen LogP contribution in [0, 0.1) is 36.5 Å². The molecule has 0 aromatic carbocycles. The molecule has 0 aromatic rings. The molecule has 0 radical (unpaired) electrons. The molecule has 0 amide bonds. The molecule has 2 heteroatoms. The van der Waals surface area contributed by atoms with E-state index in [1.54, 1.807) is 11.8 Å². The van der Waals surface area contributed by atoms with Crippen molar-refractivity contribution < 1.29 is 37.7 Å². The van der Waals surface area contributed by atoms with Crippen LogP contribution in [0.2, 0.25) is 0 Å². The Morgan fingerprint density at radius 2 is 1.00 bits per heavy atom. The first-order valence-corrected chi connectivity index (χ1v) is 1.25. The first kappa shape index (κ1) is 15.7. The van der Waals surface area contributed by atoms with E-state index in [-0.39, 0.29) is 37.7 Å². The predicted molar refractivity (Wildman–Crippen MR) is 22.0 cm³/mol. The second-order valence-corrected chi connectivity index (χ2v) is 0.500. The SMILES string of the molecule is [C-]#CC#CC#[C-].[Li+].[Li+]. The minimum atomic E-state index is 0. The van der Waals surface area contributed by atoms with Crippen molar-refractivity contribution in [1.29, 1.82) is 0 Å². The van der Waals surface area contributed by atoms with Crippen LogP contribution in [0.5, 0.6) is 0 Å².